The first-order valence-corrected chi connectivity index (χ1v) is 7.23. The van der Waals surface area contributed by atoms with Gasteiger partial charge in [0.15, 0.2) is 5.13 Å². The maximum Gasteiger partial charge on any atom is 0.267 e. The number of aliphatic hydroxyl groups is 1. The molecule has 2 heterocycles. The van der Waals surface area contributed by atoms with Gasteiger partial charge in [0, 0.05) is 5.38 Å². The number of thiazole rings is 1. The van der Waals surface area contributed by atoms with Gasteiger partial charge >= 0.3 is 0 Å². The van der Waals surface area contributed by atoms with Gasteiger partial charge in [0.05, 0.1) is 15.4 Å². The molecule has 0 unspecified atom stereocenters. The quantitative estimate of drug-likeness (QED) is 0.836. The lowest BCUT2D eigenvalue weighted by Gasteiger charge is -1.97. The Kier molecular flexibility index (Phi) is 4.32. The van der Waals surface area contributed by atoms with Crippen molar-refractivity contribution < 1.29 is 9.90 Å². The molecular formula is C13H12N2O2S2. The molecule has 0 fully saturated rings. The molecule has 0 saturated carbocycles. The topological polar surface area (TPSA) is 62.2 Å². The van der Waals surface area contributed by atoms with Crippen molar-refractivity contribution >= 4 is 33.7 Å². The van der Waals surface area contributed by atoms with Gasteiger partial charge in [0.25, 0.3) is 5.91 Å². The van der Waals surface area contributed by atoms with Crippen molar-refractivity contribution in [2.24, 2.45) is 0 Å². The number of hydrogen-bond acceptors (Lipinski definition) is 5. The lowest BCUT2D eigenvalue weighted by Crippen LogP contribution is -2.09. The van der Waals surface area contributed by atoms with E-state index in [1.165, 1.54) is 22.7 Å². The molecule has 6 heteroatoms. The molecule has 0 aliphatic carbocycles. The Hall–Kier alpha value is -1.68. The molecule has 2 aromatic heterocycles. The van der Waals surface area contributed by atoms with E-state index in [1.807, 2.05) is 19.2 Å². The van der Waals surface area contributed by atoms with Gasteiger partial charge in [0.1, 0.15) is 6.61 Å². The molecule has 2 N–H and O–H groups in total. The van der Waals surface area contributed by atoms with E-state index < -0.39 is 0 Å². The SMILES string of the molecule is Cc1csc(NC(=O)c2cc(C)c(C#CCO)s2)n1. The second-order valence-electron chi connectivity index (χ2n) is 3.83. The van der Waals surface area contributed by atoms with E-state index in [4.69, 9.17) is 5.11 Å². The summed E-state index contributed by atoms with van der Waals surface area (Å²) in [6.45, 7) is 3.59. The van der Waals surface area contributed by atoms with Crippen LogP contribution in [0.5, 0.6) is 0 Å². The Balaban J connectivity index is 2.15. The largest absolute Gasteiger partial charge is 0.384 e. The molecule has 0 saturated heterocycles. The van der Waals surface area contributed by atoms with Gasteiger partial charge in [-0.25, -0.2) is 4.98 Å². The highest BCUT2D eigenvalue weighted by Gasteiger charge is 2.13. The summed E-state index contributed by atoms with van der Waals surface area (Å²) in [5, 5.41) is 13.9. The van der Waals surface area contributed by atoms with Gasteiger partial charge in [-0.15, -0.1) is 22.7 Å². The number of carbonyl (C=O) groups is 1. The van der Waals surface area contributed by atoms with Crippen LogP contribution >= 0.6 is 22.7 Å². The molecule has 0 aliphatic heterocycles. The van der Waals surface area contributed by atoms with Crippen molar-refractivity contribution in [3.8, 4) is 11.8 Å². The number of aromatic nitrogens is 1. The van der Waals surface area contributed by atoms with Gasteiger partial charge in [-0.2, -0.15) is 0 Å². The first kappa shape index (κ1) is 13.7. The third kappa shape index (κ3) is 3.41. The van der Waals surface area contributed by atoms with Crippen molar-refractivity contribution in [3.05, 3.63) is 32.5 Å². The number of hydrogen-bond donors (Lipinski definition) is 2. The fourth-order valence-electron chi connectivity index (χ4n) is 1.41. The average Bonchev–Trinajstić information content (AvgIpc) is 2.93. The summed E-state index contributed by atoms with van der Waals surface area (Å²) in [7, 11) is 0. The summed E-state index contributed by atoms with van der Waals surface area (Å²) < 4.78 is 0. The van der Waals surface area contributed by atoms with Crippen LogP contribution in [0.2, 0.25) is 0 Å². The van der Waals surface area contributed by atoms with E-state index in [2.05, 4.69) is 22.1 Å². The van der Waals surface area contributed by atoms with Crippen LogP contribution in [-0.2, 0) is 0 Å². The molecule has 0 atom stereocenters. The maximum atomic E-state index is 12.0. The number of carbonyl (C=O) groups excluding carboxylic acids is 1. The van der Waals surface area contributed by atoms with Crippen LogP contribution in [0, 0.1) is 25.7 Å². The normalized spacial score (nSPS) is 9.84. The average molecular weight is 292 g/mol. The van der Waals surface area contributed by atoms with Crippen LogP contribution < -0.4 is 5.32 Å². The van der Waals surface area contributed by atoms with Crippen molar-refractivity contribution in [2.45, 2.75) is 13.8 Å². The van der Waals surface area contributed by atoms with Gasteiger partial charge in [-0.05, 0) is 25.5 Å². The van der Waals surface area contributed by atoms with E-state index in [1.54, 1.807) is 6.07 Å². The number of thiophene rings is 1. The Morgan fingerprint density at radius 3 is 2.95 bits per heavy atom. The number of anilines is 1. The first-order chi connectivity index (χ1) is 9.10. The smallest absolute Gasteiger partial charge is 0.267 e. The fourth-order valence-corrected chi connectivity index (χ4v) is 3.03. The molecule has 0 aliphatic rings. The highest BCUT2D eigenvalue weighted by atomic mass is 32.1. The summed E-state index contributed by atoms with van der Waals surface area (Å²) in [5.41, 5.74) is 1.82. The molecule has 2 rings (SSSR count). The van der Waals surface area contributed by atoms with Gasteiger partial charge in [-0.3, -0.25) is 10.1 Å². The molecule has 0 radical (unpaired) electrons. The molecule has 98 valence electrons. The molecule has 0 aromatic carbocycles. The third-order valence-corrected chi connectivity index (χ3v) is 4.29. The van der Waals surface area contributed by atoms with Crippen LogP contribution in [0.25, 0.3) is 0 Å². The monoisotopic (exact) mass is 292 g/mol. The zero-order chi connectivity index (χ0) is 13.8. The minimum Gasteiger partial charge on any atom is -0.384 e. The predicted octanol–water partition coefficient (Wildman–Crippen LogP) is 2.42. The van der Waals surface area contributed by atoms with Crippen LogP contribution in [0.4, 0.5) is 5.13 Å². The minimum atomic E-state index is -0.183. The maximum absolute atomic E-state index is 12.0. The van der Waals surface area contributed by atoms with E-state index in [0.29, 0.717) is 10.0 Å². The van der Waals surface area contributed by atoms with E-state index in [0.717, 1.165) is 16.1 Å². The van der Waals surface area contributed by atoms with Crippen molar-refractivity contribution in [1.82, 2.24) is 4.98 Å². The molecule has 19 heavy (non-hydrogen) atoms. The zero-order valence-electron chi connectivity index (χ0n) is 10.5. The number of rotatable bonds is 2. The molecule has 0 bridgehead atoms. The van der Waals surface area contributed by atoms with E-state index in [-0.39, 0.29) is 12.5 Å². The summed E-state index contributed by atoms with van der Waals surface area (Å²) in [6.07, 6.45) is 0. The van der Waals surface area contributed by atoms with Crippen molar-refractivity contribution in [3.63, 3.8) is 0 Å². The molecular weight excluding hydrogens is 280 g/mol. The van der Waals surface area contributed by atoms with Gasteiger partial charge in [-0.1, -0.05) is 11.8 Å². The Labute approximate surface area is 119 Å². The van der Waals surface area contributed by atoms with Crippen LogP contribution in [-0.4, -0.2) is 22.6 Å². The summed E-state index contributed by atoms with van der Waals surface area (Å²) in [4.78, 5) is 17.6. The van der Waals surface area contributed by atoms with E-state index >= 15 is 0 Å². The summed E-state index contributed by atoms with van der Waals surface area (Å²) in [6, 6.07) is 1.79. The Morgan fingerprint density at radius 1 is 1.53 bits per heavy atom. The Bertz CT molecular complexity index is 662. The van der Waals surface area contributed by atoms with Gasteiger partial charge < -0.3 is 5.11 Å². The standard InChI is InChI=1S/C13H12N2O2S2/c1-8-6-11(19-10(8)4-3-5-16)12(17)15-13-14-9(2)7-18-13/h6-7,16H,5H2,1-2H3,(H,14,15,17). The van der Waals surface area contributed by atoms with Crippen molar-refractivity contribution in [2.75, 3.05) is 11.9 Å². The summed E-state index contributed by atoms with van der Waals surface area (Å²) in [5.74, 6) is 5.23. The van der Waals surface area contributed by atoms with Crippen molar-refractivity contribution in [1.29, 1.82) is 0 Å². The number of amides is 1. The van der Waals surface area contributed by atoms with Crippen LogP contribution in [0.1, 0.15) is 25.8 Å². The van der Waals surface area contributed by atoms with Gasteiger partial charge in [0.2, 0.25) is 0 Å². The van der Waals surface area contributed by atoms with Crippen LogP contribution in [0.15, 0.2) is 11.4 Å². The second-order valence-corrected chi connectivity index (χ2v) is 5.74. The van der Waals surface area contributed by atoms with Crippen LogP contribution in [0.3, 0.4) is 0 Å². The Morgan fingerprint density at radius 2 is 2.32 bits per heavy atom. The minimum absolute atomic E-state index is 0.181. The number of nitrogens with one attached hydrogen (secondary N) is 1. The highest BCUT2D eigenvalue weighted by molar-refractivity contribution is 7.15. The van der Waals surface area contributed by atoms with E-state index in [9.17, 15) is 4.79 Å². The highest BCUT2D eigenvalue weighted by Crippen LogP contribution is 2.23. The molecule has 4 nitrogen and oxygen atoms in total. The zero-order valence-corrected chi connectivity index (χ0v) is 12.1. The summed E-state index contributed by atoms with van der Waals surface area (Å²) >= 11 is 2.71. The molecule has 1 amide bonds. The lowest BCUT2D eigenvalue weighted by molar-refractivity contribution is 0.103. The predicted molar refractivity (Wildman–Crippen MR) is 77.8 cm³/mol. The molecule has 0 spiro atoms. The molecule has 2 aromatic rings. The number of nitrogens with zero attached hydrogens (tertiary/aromatic N) is 1. The number of aliphatic hydroxyl groups excluding tert-OH is 1. The fraction of sp³-hybridized carbons (Fsp3) is 0.231. The third-order valence-electron chi connectivity index (χ3n) is 2.26. The first-order valence-electron chi connectivity index (χ1n) is 5.54. The second kappa shape index (κ2) is 5.97. The number of aryl methyl sites for hydroxylation is 2. The lowest BCUT2D eigenvalue weighted by atomic mass is 10.2.